The summed E-state index contributed by atoms with van der Waals surface area (Å²) < 4.78 is 11.4. The molecule has 1 heterocycles. The average molecular weight is 237 g/mol. The van der Waals surface area contributed by atoms with E-state index in [-0.39, 0.29) is 0 Å². The van der Waals surface area contributed by atoms with Crippen LogP contribution in [0.15, 0.2) is 16.5 Å². The Kier molecular flexibility index (Phi) is 3.89. The molecule has 1 fully saturated rings. The normalized spacial score (nSPS) is 20.6. The predicted molar refractivity (Wildman–Crippen MR) is 67.4 cm³/mol. The van der Waals surface area contributed by atoms with Crippen molar-refractivity contribution in [3.8, 4) is 0 Å². The van der Waals surface area contributed by atoms with Crippen LogP contribution in [0, 0.1) is 5.41 Å². The van der Waals surface area contributed by atoms with Crippen molar-refractivity contribution in [2.75, 3.05) is 0 Å². The van der Waals surface area contributed by atoms with Gasteiger partial charge in [-0.25, -0.2) is 0 Å². The molecular weight excluding hydrogens is 214 g/mol. The Bertz CT molecular complexity index is 347. The first kappa shape index (κ1) is 12.7. The van der Waals surface area contributed by atoms with E-state index in [2.05, 4.69) is 13.8 Å². The van der Waals surface area contributed by atoms with Gasteiger partial charge in [0.25, 0.3) is 0 Å². The Morgan fingerprint density at radius 3 is 2.53 bits per heavy atom. The third kappa shape index (κ3) is 3.58. The van der Waals surface area contributed by atoms with E-state index in [1.807, 2.05) is 12.1 Å². The van der Waals surface area contributed by atoms with Gasteiger partial charge < -0.3 is 14.9 Å². The minimum atomic E-state index is 0.398. The molecule has 0 saturated heterocycles. The van der Waals surface area contributed by atoms with Crippen LogP contribution in [0.25, 0.3) is 0 Å². The summed E-state index contributed by atoms with van der Waals surface area (Å²) in [6.45, 7) is 5.70. The zero-order chi connectivity index (χ0) is 12.3. The molecule has 96 valence electrons. The molecule has 0 radical (unpaired) electrons. The highest BCUT2D eigenvalue weighted by Gasteiger charge is 2.27. The lowest BCUT2D eigenvalue weighted by atomic mass is 9.76. The second-order valence-electron chi connectivity index (χ2n) is 5.75. The van der Waals surface area contributed by atoms with Gasteiger partial charge in [0.05, 0.1) is 12.6 Å². The largest absolute Gasteiger partial charge is 0.462 e. The molecule has 1 aromatic heterocycles. The second-order valence-corrected chi connectivity index (χ2v) is 5.75. The van der Waals surface area contributed by atoms with E-state index >= 15 is 0 Å². The summed E-state index contributed by atoms with van der Waals surface area (Å²) in [4.78, 5) is 0. The van der Waals surface area contributed by atoms with E-state index in [1.54, 1.807) is 0 Å². The van der Waals surface area contributed by atoms with Crippen molar-refractivity contribution >= 4 is 0 Å². The Balaban J connectivity index is 1.75. The van der Waals surface area contributed by atoms with Gasteiger partial charge in [-0.15, -0.1) is 0 Å². The van der Waals surface area contributed by atoms with Crippen molar-refractivity contribution < 1.29 is 9.15 Å². The van der Waals surface area contributed by atoms with Crippen LogP contribution >= 0.6 is 0 Å². The van der Waals surface area contributed by atoms with Gasteiger partial charge in [-0.05, 0) is 43.2 Å². The quantitative estimate of drug-likeness (QED) is 0.874. The standard InChI is InChI=1S/C14H23NO2/c1-14(2)7-5-11(6-8-14)16-10-13-4-3-12(9-15)17-13/h3-4,11H,5-10,15H2,1-2H3. The third-order valence-corrected chi connectivity index (χ3v) is 3.67. The predicted octanol–water partition coefficient (Wildman–Crippen LogP) is 3.22. The van der Waals surface area contributed by atoms with E-state index in [0.717, 1.165) is 24.4 Å². The van der Waals surface area contributed by atoms with Gasteiger partial charge in [0, 0.05) is 0 Å². The monoisotopic (exact) mass is 237 g/mol. The third-order valence-electron chi connectivity index (χ3n) is 3.67. The van der Waals surface area contributed by atoms with Gasteiger partial charge in [0.1, 0.15) is 18.1 Å². The van der Waals surface area contributed by atoms with Crippen LogP contribution in [-0.4, -0.2) is 6.10 Å². The number of hydrogen-bond acceptors (Lipinski definition) is 3. The molecule has 1 aliphatic rings. The number of furan rings is 1. The molecule has 0 aliphatic heterocycles. The van der Waals surface area contributed by atoms with Gasteiger partial charge in [-0.2, -0.15) is 0 Å². The average Bonchev–Trinajstić information content (AvgIpc) is 2.75. The summed E-state index contributed by atoms with van der Waals surface area (Å²) in [6, 6.07) is 3.87. The van der Waals surface area contributed by atoms with E-state index in [0.29, 0.717) is 24.7 Å². The topological polar surface area (TPSA) is 48.4 Å². The molecular formula is C14H23NO2. The lowest BCUT2D eigenvalue weighted by Crippen LogP contribution is -2.26. The molecule has 1 aromatic rings. The molecule has 0 atom stereocenters. The summed E-state index contributed by atoms with van der Waals surface area (Å²) in [5, 5.41) is 0. The van der Waals surface area contributed by atoms with E-state index in [4.69, 9.17) is 14.9 Å². The van der Waals surface area contributed by atoms with E-state index < -0.39 is 0 Å². The summed E-state index contributed by atoms with van der Waals surface area (Å²) in [7, 11) is 0. The van der Waals surface area contributed by atoms with Crippen LogP contribution in [0.1, 0.15) is 51.1 Å². The first-order valence-corrected chi connectivity index (χ1v) is 6.48. The fraction of sp³-hybridized carbons (Fsp3) is 0.714. The Morgan fingerprint density at radius 2 is 1.94 bits per heavy atom. The van der Waals surface area contributed by atoms with Crippen molar-refractivity contribution in [3.05, 3.63) is 23.7 Å². The molecule has 17 heavy (non-hydrogen) atoms. The summed E-state index contributed by atoms with van der Waals surface area (Å²) >= 11 is 0. The van der Waals surface area contributed by atoms with Crippen molar-refractivity contribution in [2.45, 2.75) is 58.8 Å². The molecule has 3 nitrogen and oxygen atoms in total. The smallest absolute Gasteiger partial charge is 0.129 e. The Labute approximate surface area is 103 Å². The summed E-state index contributed by atoms with van der Waals surface area (Å²) in [6.07, 6.45) is 5.23. The zero-order valence-corrected chi connectivity index (χ0v) is 10.9. The summed E-state index contributed by atoms with van der Waals surface area (Å²) in [5.74, 6) is 1.71. The molecule has 2 rings (SSSR count). The van der Waals surface area contributed by atoms with Crippen LogP contribution in [0.3, 0.4) is 0 Å². The van der Waals surface area contributed by atoms with Crippen LogP contribution in [0.5, 0.6) is 0 Å². The molecule has 3 heteroatoms. The SMILES string of the molecule is CC1(C)CCC(OCc2ccc(CN)o2)CC1. The molecule has 1 aliphatic carbocycles. The molecule has 0 bridgehead atoms. The maximum Gasteiger partial charge on any atom is 0.129 e. The van der Waals surface area contributed by atoms with Crippen LogP contribution < -0.4 is 5.73 Å². The lowest BCUT2D eigenvalue weighted by Gasteiger charge is -2.33. The Hall–Kier alpha value is -0.800. The van der Waals surface area contributed by atoms with Crippen LogP contribution in [-0.2, 0) is 17.9 Å². The number of ether oxygens (including phenoxy) is 1. The summed E-state index contributed by atoms with van der Waals surface area (Å²) in [5.41, 5.74) is 5.99. The molecule has 2 N–H and O–H groups in total. The molecule has 0 aromatic carbocycles. The maximum absolute atomic E-state index is 5.89. The fourth-order valence-corrected chi connectivity index (χ4v) is 2.35. The van der Waals surface area contributed by atoms with Gasteiger partial charge in [-0.3, -0.25) is 0 Å². The van der Waals surface area contributed by atoms with Gasteiger partial charge in [0.2, 0.25) is 0 Å². The fourth-order valence-electron chi connectivity index (χ4n) is 2.35. The number of nitrogens with two attached hydrogens (primary N) is 1. The molecule has 0 spiro atoms. The highest BCUT2D eigenvalue weighted by atomic mass is 16.5. The van der Waals surface area contributed by atoms with Crippen molar-refractivity contribution in [2.24, 2.45) is 11.1 Å². The molecule has 1 saturated carbocycles. The number of hydrogen-bond donors (Lipinski definition) is 1. The van der Waals surface area contributed by atoms with Crippen molar-refractivity contribution in [1.82, 2.24) is 0 Å². The maximum atomic E-state index is 5.89. The lowest BCUT2D eigenvalue weighted by molar-refractivity contribution is -0.0123. The van der Waals surface area contributed by atoms with Crippen molar-refractivity contribution in [3.63, 3.8) is 0 Å². The van der Waals surface area contributed by atoms with Crippen LogP contribution in [0.4, 0.5) is 0 Å². The second kappa shape index (κ2) is 5.23. The van der Waals surface area contributed by atoms with Crippen LogP contribution in [0.2, 0.25) is 0 Å². The highest BCUT2D eigenvalue weighted by molar-refractivity contribution is 5.05. The zero-order valence-electron chi connectivity index (χ0n) is 10.9. The minimum absolute atomic E-state index is 0.398. The minimum Gasteiger partial charge on any atom is -0.462 e. The first-order valence-electron chi connectivity index (χ1n) is 6.48. The number of rotatable bonds is 4. The Morgan fingerprint density at radius 1 is 1.29 bits per heavy atom. The highest BCUT2D eigenvalue weighted by Crippen LogP contribution is 2.36. The van der Waals surface area contributed by atoms with Gasteiger partial charge >= 0.3 is 0 Å². The molecule has 0 amide bonds. The van der Waals surface area contributed by atoms with Gasteiger partial charge in [-0.1, -0.05) is 13.8 Å². The van der Waals surface area contributed by atoms with Gasteiger partial charge in [0.15, 0.2) is 0 Å². The van der Waals surface area contributed by atoms with E-state index in [9.17, 15) is 0 Å². The van der Waals surface area contributed by atoms with E-state index in [1.165, 1.54) is 12.8 Å². The van der Waals surface area contributed by atoms with Crippen molar-refractivity contribution in [1.29, 1.82) is 0 Å². The first-order chi connectivity index (χ1) is 8.09. The molecule has 0 unspecified atom stereocenters.